The fraction of sp³-hybridized carbons (Fsp3) is 0.143. The summed E-state index contributed by atoms with van der Waals surface area (Å²) in [5.41, 5.74) is 2.45. The van der Waals surface area contributed by atoms with Crippen molar-refractivity contribution in [3.8, 4) is 11.5 Å². The number of hydrogen-bond donors (Lipinski definition) is 3. The first-order chi connectivity index (χ1) is 8.56. The molecule has 3 N–H and O–H groups in total. The summed E-state index contributed by atoms with van der Waals surface area (Å²) in [4.78, 5) is 0. The van der Waals surface area contributed by atoms with Gasteiger partial charge in [0.2, 0.25) is 0 Å². The monoisotopic (exact) mass is 247 g/mol. The predicted molar refractivity (Wildman–Crippen MR) is 68.2 cm³/mol. The van der Waals surface area contributed by atoms with Crippen LogP contribution >= 0.6 is 0 Å². The van der Waals surface area contributed by atoms with E-state index >= 15 is 0 Å². The second kappa shape index (κ2) is 4.96. The highest BCUT2D eigenvalue weighted by molar-refractivity contribution is 5.51. The average molecular weight is 247 g/mol. The topological polar surface area (TPSA) is 52.5 Å². The summed E-state index contributed by atoms with van der Waals surface area (Å²) >= 11 is 0. The molecule has 0 saturated heterocycles. The van der Waals surface area contributed by atoms with Crippen molar-refractivity contribution in [1.29, 1.82) is 0 Å². The number of hydrogen-bond acceptors (Lipinski definition) is 3. The molecule has 0 saturated carbocycles. The van der Waals surface area contributed by atoms with Crippen LogP contribution in [0.1, 0.15) is 11.1 Å². The summed E-state index contributed by atoms with van der Waals surface area (Å²) in [5.74, 6) is -0.609. The Morgan fingerprint density at radius 1 is 1.06 bits per heavy atom. The van der Waals surface area contributed by atoms with Crippen molar-refractivity contribution in [2.24, 2.45) is 0 Å². The number of nitrogens with one attached hydrogen (secondary N) is 1. The molecule has 0 fully saturated rings. The molecule has 0 heterocycles. The molecule has 0 aromatic heterocycles. The van der Waals surface area contributed by atoms with Gasteiger partial charge in [-0.25, -0.2) is 4.39 Å². The lowest BCUT2D eigenvalue weighted by Gasteiger charge is -2.10. The Balaban J connectivity index is 2.11. The number of anilines is 1. The first-order valence-corrected chi connectivity index (χ1v) is 5.57. The van der Waals surface area contributed by atoms with Gasteiger partial charge in [-0.15, -0.1) is 0 Å². The maximum Gasteiger partial charge on any atom is 0.157 e. The van der Waals surface area contributed by atoms with Crippen LogP contribution in [0, 0.1) is 12.7 Å². The Morgan fingerprint density at radius 3 is 2.56 bits per heavy atom. The number of aromatic hydroxyl groups is 2. The normalized spacial score (nSPS) is 10.3. The van der Waals surface area contributed by atoms with E-state index < -0.39 is 0 Å². The zero-order valence-electron chi connectivity index (χ0n) is 9.94. The van der Waals surface area contributed by atoms with Gasteiger partial charge >= 0.3 is 0 Å². The molecule has 0 aliphatic carbocycles. The van der Waals surface area contributed by atoms with Gasteiger partial charge in [0.05, 0.1) is 0 Å². The van der Waals surface area contributed by atoms with E-state index in [4.69, 9.17) is 0 Å². The Labute approximate surface area is 105 Å². The van der Waals surface area contributed by atoms with Crippen molar-refractivity contribution in [2.45, 2.75) is 13.5 Å². The Kier molecular flexibility index (Phi) is 3.37. The van der Waals surface area contributed by atoms with Crippen LogP contribution in [0.25, 0.3) is 0 Å². The Hall–Kier alpha value is -2.23. The fourth-order valence-corrected chi connectivity index (χ4v) is 1.66. The van der Waals surface area contributed by atoms with E-state index in [2.05, 4.69) is 5.32 Å². The molecule has 0 radical (unpaired) electrons. The molecule has 0 aliphatic heterocycles. The molecule has 0 spiro atoms. The van der Waals surface area contributed by atoms with Crippen LogP contribution in [-0.2, 0) is 6.54 Å². The molecular formula is C14H14FNO2. The van der Waals surface area contributed by atoms with Crippen molar-refractivity contribution >= 4 is 5.69 Å². The highest BCUT2D eigenvalue weighted by Gasteiger charge is 2.03. The Morgan fingerprint density at radius 2 is 1.83 bits per heavy atom. The minimum Gasteiger partial charge on any atom is -0.504 e. The summed E-state index contributed by atoms with van der Waals surface area (Å²) < 4.78 is 13.1. The zero-order chi connectivity index (χ0) is 13.1. The van der Waals surface area contributed by atoms with Crippen LogP contribution in [0.5, 0.6) is 11.5 Å². The summed E-state index contributed by atoms with van der Waals surface area (Å²) in [6.07, 6.45) is 0. The minimum absolute atomic E-state index is 0.152. The molecule has 18 heavy (non-hydrogen) atoms. The van der Waals surface area contributed by atoms with Crippen molar-refractivity contribution < 1.29 is 14.6 Å². The Bertz CT molecular complexity index is 570. The molecule has 2 aromatic carbocycles. The first-order valence-electron chi connectivity index (χ1n) is 5.57. The third kappa shape index (κ3) is 2.71. The molecule has 4 heteroatoms. The van der Waals surface area contributed by atoms with E-state index in [1.165, 1.54) is 24.3 Å². The number of phenols is 2. The quantitative estimate of drug-likeness (QED) is 0.730. The van der Waals surface area contributed by atoms with E-state index in [9.17, 15) is 14.6 Å². The van der Waals surface area contributed by atoms with Gasteiger partial charge in [-0.2, -0.15) is 0 Å². The van der Waals surface area contributed by atoms with Gasteiger partial charge in [0, 0.05) is 12.2 Å². The number of benzene rings is 2. The van der Waals surface area contributed by atoms with Gasteiger partial charge in [0.15, 0.2) is 11.5 Å². The van der Waals surface area contributed by atoms with Crippen molar-refractivity contribution in [3.05, 3.63) is 53.3 Å². The van der Waals surface area contributed by atoms with E-state index in [1.54, 1.807) is 12.1 Å². The first kappa shape index (κ1) is 12.2. The smallest absolute Gasteiger partial charge is 0.157 e. The van der Waals surface area contributed by atoms with Crippen LogP contribution in [0.15, 0.2) is 36.4 Å². The summed E-state index contributed by atoms with van der Waals surface area (Å²) in [6.45, 7) is 2.33. The third-order valence-electron chi connectivity index (χ3n) is 2.72. The maximum absolute atomic E-state index is 13.1. The minimum atomic E-state index is -0.295. The van der Waals surface area contributed by atoms with Gasteiger partial charge in [0.25, 0.3) is 0 Å². The second-order valence-corrected chi connectivity index (χ2v) is 4.14. The van der Waals surface area contributed by atoms with Crippen molar-refractivity contribution in [3.63, 3.8) is 0 Å². The molecule has 0 unspecified atom stereocenters. The summed E-state index contributed by atoms with van der Waals surface area (Å²) in [5, 5.41) is 21.6. The molecule has 3 nitrogen and oxygen atoms in total. The van der Waals surface area contributed by atoms with Crippen LogP contribution < -0.4 is 5.32 Å². The van der Waals surface area contributed by atoms with E-state index in [0.29, 0.717) is 12.2 Å². The molecule has 2 rings (SSSR count). The SMILES string of the molecule is Cc1ccc(F)cc1NCc1ccc(O)c(O)c1. The summed E-state index contributed by atoms with van der Waals surface area (Å²) in [7, 11) is 0. The van der Waals surface area contributed by atoms with Crippen LogP contribution in [-0.4, -0.2) is 10.2 Å². The molecule has 0 aliphatic rings. The van der Waals surface area contributed by atoms with Crippen LogP contribution in [0.2, 0.25) is 0 Å². The summed E-state index contributed by atoms with van der Waals surface area (Å²) in [6, 6.07) is 9.12. The van der Waals surface area contributed by atoms with Gasteiger partial charge < -0.3 is 15.5 Å². The van der Waals surface area contributed by atoms with Crippen molar-refractivity contribution in [1.82, 2.24) is 0 Å². The molecule has 2 aromatic rings. The predicted octanol–water partition coefficient (Wildman–Crippen LogP) is 3.16. The zero-order valence-corrected chi connectivity index (χ0v) is 9.94. The molecule has 0 atom stereocenters. The van der Waals surface area contributed by atoms with Gasteiger partial charge in [0.1, 0.15) is 5.82 Å². The highest BCUT2D eigenvalue weighted by Crippen LogP contribution is 2.25. The number of rotatable bonds is 3. The van der Waals surface area contributed by atoms with E-state index in [-0.39, 0.29) is 17.3 Å². The van der Waals surface area contributed by atoms with Crippen LogP contribution in [0.3, 0.4) is 0 Å². The standard InChI is InChI=1S/C14H14FNO2/c1-9-2-4-11(15)7-12(9)16-8-10-3-5-13(17)14(18)6-10/h2-7,16-18H,8H2,1H3. The molecule has 0 bridgehead atoms. The van der Waals surface area contributed by atoms with E-state index in [1.807, 2.05) is 6.92 Å². The third-order valence-corrected chi connectivity index (χ3v) is 2.72. The maximum atomic E-state index is 13.1. The lowest BCUT2D eigenvalue weighted by atomic mass is 10.1. The van der Waals surface area contributed by atoms with Crippen LogP contribution in [0.4, 0.5) is 10.1 Å². The highest BCUT2D eigenvalue weighted by atomic mass is 19.1. The number of phenolic OH excluding ortho intramolecular Hbond substituents is 2. The molecule has 0 amide bonds. The van der Waals surface area contributed by atoms with E-state index in [0.717, 1.165) is 11.1 Å². The second-order valence-electron chi connectivity index (χ2n) is 4.14. The molecular weight excluding hydrogens is 233 g/mol. The molecule has 94 valence electrons. The van der Waals surface area contributed by atoms with Gasteiger partial charge in [-0.05, 0) is 42.3 Å². The average Bonchev–Trinajstić information content (AvgIpc) is 2.34. The lowest BCUT2D eigenvalue weighted by Crippen LogP contribution is -2.01. The lowest BCUT2D eigenvalue weighted by molar-refractivity contribution is 0.403. The van der Waals surface area contributed by atoms with Gasteiger partial charge in [-0.3, -0.25) is 0 Å². The number of aryl methyl sites for hydroxylation is 1. The largest absolute Gasteiger partial charge is 0.504 e. The van der Waals surface area contributed by atoms with Crippen molar-refractivity contribution in [2.75, 3.05) is 5.32 Å². The fourth-order valence-electron chi connectivity index (χ4n) is 1.66. The van der Waals surface area contributed by atoms with Gasteiger partial charge in [-0.1, -0.05) is 12.1 Å². The number of halogens is 1.